The van der Waals surface area contributed by atoms with Gasteiger partial charge in [0, 0.05) is 19.2 Å². The number of aldehydes is 1. The van der Waals surface area contributed by atoms with Gasteiger partial charge in [-0.15, -0.1) is 0 Å². The second kappa shape index (κ2) is 5.23. The molecule has 0 fully saturated rings. The Hall–Kier alpha value is -1.20. The van der Waals surface area contributed by atoms with Crippen molar-refractivity contribution in [1.82, 2.24) is 4.31 Å². The molecule has 0 saturated carbocycles. The lowest BCUT2D eigenvalue weighted by Crippen LogP contribution is -2.27. The summed E-state index contributed by atoms with van der Waals surface area (Å²) in [5.41, 5.74) is 1.36. The van der Waals surface area contributed by atoms with Crippen LogP contribution in [0.1, 0.15) is 22.8 Å². The lowest BCUT2D eigenvalue weighted by molar-refractivity contribution is 0.112. The number of rotatable bonds is 5. The molecule has 0 unspecified atom stereocenters. The molecule has 0 spiro atoms. The van der Waals surface area contributed by atoms with Crippen LogP contribution in [0.15, 0.2) is 24.3 Å². The minimum absolute atomic E-state index is 0.0802. The molecule has 0 saturated heterocycles. The quantitative estimate of drug-likeness (QED) is 0.730. The zero-order valence-corrected chi connectivity index (χ0v) is 10.2. The Kier molecular flexibility index (Phi) is 4.20. The lowest BCUT2D eigenvalue weighted by Gasteiger charge is -2.15. The van der Waals surface area contributed by atoms with E-state index in [1.54, 1.807) is 31.2 Å². The molecule has 16 heavy (non-hydrogen) atoms. The van der Waals surface area contributed by atoms with Crippen LogP contribution in [0, 0.1) is 0 Å². The summed E-state index contributed by atoms with van der Waals surface area (Å²) in [7, 11) is -1.64. The van der Waals surface area contributed by atoms with Crippen LogP contribution >= 0.6 is 0 Å². The summed E-state index contributed by atoms with van der Waals surface area (Å²) in [4.78, 5) is 10.6. The van der Waals surface area contributed by atoms with Crippen molar-refractivity contribution in [2.75, 3.05) is 12.8 Å². The molecule has 88 valence electrons. The average molecular weight is 241 g/mol. The van der Waals surface area contributed by atoms with Crippen molar-refractivity contribution in [3.05, 3.63) is 35.4 Å². The molecule has 0 bridgehead atoms. The van der Waals surface area contributed by atoms with E-state index >= 15 is 0 Å². The Labute approximate surface area is 95.9 Å². The molecule has 1 aromatic carbocycles. The van der Waals surface area contributed by atoms with E-state index < -0.39 is 10.0 Å². The molecule has 0 aliphatic rings. The number of benzene rings is 1. The zero-order valence-electron chi connectivity index (χ0n) is 9.38. The summed E-state index contributed by atoms with van der Waals surface area (Å²) in [5.74, 6) is 0.0802. The van der Waals surface area contributed by atoms with E-state index in [1.807, 2.05) is 0 Å². The molecule has 0 radical (unpaired) electrons. The topological polar surface area (TPSA) is 54.5 Å². The number of sulfonamides is 1. The fourth-order valence-electron chi connectivity index (χ4n) is 1.34. The summed E-state index contributed by atoms with van der Waals surface area (Å²) in [6.45, 7) is 1.89. The van der Waals surface area contributed by atoms with Crippen LogP contribution in [-0.4, -0.2) is 31.8 Å². The van der Waals surface area contributed by atoms with Crippen molar-refractivity contribution in [3.63, 3.8) is 0 Å². The van der Waals surface area contributed by atoms with Crippen LogP contribution in [0.3, 0.4) is 0 Å². The highest BCUT2D eigenvalue weighted by Gasteiger charge is 2.14. The molecule has 0 aliphatic carbocycles. The summed E-state index contributed by atoms with van der Waals surface area (Å²) in [6.07, 6.45) is 0.748. The van der Waals surface area contributed by atoms with Crippen LogP contribution in [0.5, 0.6) is 0 Å². The minimum Gasteiger partial charge on any atom is -0.298 e. The van der Waals surface area contributed by atoms with Gasteiger partial charge in [0.25, 0.3) is 0 Å². The lowest BCUT2D eigenvalue weighted by atomic mass is 10.1. The molecule has 0 N–H and O–H groups in total. The Morgan fingerprint density at radius 2 is 2.06 bits per heavy atom. The van der Waals surface area contributed by atoms with Gasteiger partial charge in [0.15, 0.2) is 0 Å². The Balaban J connectivity index is 2.84. The van der Waals surface area contributed by atoms with Gasteiger partial charge in [-0.1, -0.05) is 18.2 Å². The SMILES string of the molecule is CCS(=O)(=O)N(C)Cc1cccc(C=O)c1. The zero-order chi connectivity index (χ0) is 12.2. The monoisotopic (exact) mass is 241 g/mol. The first-order valence-corrected chi connectivity index (χ1v) is 6.58. The van der Waals surface area contributed by atoms with E-state index in [2.05, 4.69) is 0 Å². The summed E-state index contributed by atoms with van der Waals surface area (Å²) >= 11 is 0. The molecule has 0 atom stereocenters. The molecule has 5 heteroatoms. The third-order valence-corrected chi connectivity index (χ3v) is 4.14. The van der Waals surface area contributed by atoms with E-state index in [0.29, 0.717) is 5.56 Å². The van der Waals surface area contributed by atoms with Crippen LogP contribution in [0.4, 0.5) is 0 Å². The Morgan fingerprint density at radius 1 is 1.38 bits per heavy atom. The maximum Gasteiger partial charge on any atom is 0.213 e. The molecule has 0 amide bonds. The Bertz CT molecular complexity index is 468. The molecule has 1 aromatic rings. The molecule has 0 aliphatic heterocycles. The summed E-state index contributed by atoms with van der Waals surface area (Å²) in [5, 5.41) is 0. The van der Waals surface area contributed by atoms with Crippen molar-refractivity contribution in [3.8, 4) is 0 Å². The fourth-order valence-corrected chi connectivity index (χ4v) is 2.13. The van der Waals surface area contributed by atoms with E-state index in [4.69, 9.17) is 0 Å². The maximum absolute atomic E-state index is 11.5. The van der Waals surface area contributed by atoms with E-state index in [9.17, 15) is 13.2 Å². The second-order valence-electron chi connectivity index (χ2n) is 3.52. The Morgan fingerprint density at radius 3 is 2.62 bits per heavy atom. The van der Waals surface area contributed by atoms with Gasteiger partial charge >= 0.3 is 0 Å². The first kappa shape index (κ1) is 12.9. The highest BCUT2D eigenvalue weighted by molar-refractivity contribution is 7.89. The van der Waals surface area contributed by atoms with Gasteiger partial charge in [0.1, 0.15) is 6.29 Å². The summed E-state index contributed by atoms with van der Waals surface area (Å²) < 4.78 is 24.3. The number of nitrogens with zero attached hydrogens (tertiary/aromatic N) is 1. The number of hydrogen-bond acceptors (Lipinski definition) is 3. The average Bonchev–Trinajstić information content (AvgIpc) is 2.29. The van der Waals surface area contributed by atoms with Gasteiger partial charge in [0.2, 0.25) is 10.0 Å². The molecule has 1 rings (SSSR count). The number of carbonyl (C=O) groups is 1. The van der Waals surface area contributed by atoms with E-state index in [1.165, 1.54) is 11.4 Å². The smallest absolute Gasteiger partial charge is 0.213 e. The van der Waals surface area contributed by atoms with Gasteiger partial charge in [-0.2, -0.15) is 0 Å². The van der Waals surface area contributed by atoms with E-state index in [0.717, 1.165) is 11.8 Å². The second-order valence-corrected chi connectivity index (χ2v) is 5.88. The van der Waals surface area contributed by atoms with Crippen LogP contribution < -0.4 is 0 Å². The minimum atomic E-state index is -3.17. The fraction of sp³-hybridized carbons (Fsp3) is 0.364. The first-order chi connectivity index (χ1) is 7.49. The van der Waals surface area contributed by atoms with Gasteiger partial charge in [0.05, 0.1) is 5.75 Å². The summed E-state index contributed by atoms with van der Waals surface area (Å²) in [6, 6.07) is 6.92. The molecule has 0 aromatic heterocycles. The third-order valence-electron chi connectivity index (χ3n) is 2.33. The largest absolute Gasteiger partial charge is 0.298 e. The first-order valence-electron chi connectivity index (χ1n) is 4.97. The normalized spacial score (nSPS) is 11.7. The van der Waals surface area contributed by atoms with Crippen LogP contribution in [0.25, 0.3) is 0 Å². The third kappa shape index (κ3) is 3.15. The van der Waals surface area contributed by atoms with Gasteiger partial charge in [-0.25, -0.2) is 12.7 Å². The predicted molar refractivity (Wildman–Crippen MR) is 62.8 cm³/mol. The maximum atomic E-state index is 11.5. The van der Waals surface area contributed by atoms with Gasteiger partial charge in [-0.05, 0) is 18.6 Å². The highest BCUT2D eigenvalue weighted by Crippen LogP contribution is 2.09. The van der Waals surface area contributed by atoms with Crippen molar-refractivity contribution in [1.29, 1.82) is 0 Å². The van der Waals surface area contributed by atoms with Crippen LogP contribution in [-0.2, 0) is 16.6 Å². The van der Waals surface area contributed by atoms with Gasteiger partial charge < -0.3 is 0 Å². The van der Waals surface area contributed by atoms with Gasteiger partial charge in [-0.3, -0.25) is 4.79 Å². The molecule has 4 nitrogen and oxygen atoms in total. The molecular formula is C11H15NO3S. The molecular weight excluding hydrogens is 226 g/mol. The van der Waals surface area contributed by atoms with Crippen molar-refractivity contribution < 1.29 is 13.2 Å². The van der Waals surface area contributed by atoms with E-state index in [-0.39, 0.29) is 12.3 Å². The highest BCUT2D eigenvalue weighted by atomic mass is 32.2. The molecule has 0 heterocycles. The van der Waals surface area contributed by atoms with Crippen molar-refractivity contribution in [2.45, 2.75) is 13.5 Å². The van der Waals surface area contributed by atoms with Crippen molar-refractivity contribution in [2.24, 2.45) is 0 Å². The number of carbonyl (C=O) groups excluding carboxylic acids is 1. The number of hydrogen-bond donors (Lipinski definition) is 0. The van der Waals surface area contributed by atoms with Crippen LogP contribution in [0.2, 0.25) is 0 Å². The van der Waals surface area contributed by atoms with Crippen molar-refractivity contribution >= 4 is 16.3 Å². The standard InChI is InChI=1S/C11H15NO3S/c1-3-16(14,15)12(2)8-10-5-4-6-11(7-10)9-13/h4-7,9H,3,8H2,1-2H3. The predicted octanol–water partition coefficient (Wildman–Crippen LogP) is 1.28.